The first kappa shape index (κ1) is 19.9. The minimum atomic E-state index is -0.485. The van der Waals surface area contributed by atoms with Gasteiger partial charge in [-0.2, -0.15) is 0 Å². The molecule has 0 spiro atoms. The number of amides is 2. The molecule has 1 aromatic carbocycles. The Morgan fingerprint density at radius 3 is 2.36 bits per heavy atom. The van der Waals surface area contributed by atoms with Gasteiger partial charge in [-0.3, -0.25) is 4.79 Å². The highest BCUT2D eigenvalue weighted by molar-refractivity contribution is 6.03. The normalized spacial score (nSPS) is 15.2. The second-order valence-electron chi connectivity index (χ2n) is 8.01. The number of rotatable bonds is 3. The van der Waals surface area contributed by atoms with E-state index >= 15 is 0 Å². The Morgan fingerprint density at radius 1 is 1.04 bits per heavy atom. The second-order valence-corrected chi connectivity index (χ2v) is 8.01. The van der Waals surface area contributed by atoms with Crippen LogP contribution in [0.15, 0.2) is 48.5 Å². The summed E-state index contributed by atoms with van der Waals surface area (Å²) < 4.78 is 5.45. The number of benzene rings is 1. The summed E-state index contributed by atoms with van der Waals surface area (Å²) in [5.41, 5.74) is 1.05. The van der Waals surface area contributed by atoms with Gasteiger partial charge >= 0.3 is 6.09 Å². The van der Waals surface area contributed by atoms with E-state index in [0.29, 0.717) is 24.5 Å². The molecule has 0 bridgehead atoms. The van der Waals surface area contributed by atoms with Crippen molar-refractivity contribution in [1.82, 2.24) is 9.88 Å². The number of anilines is 1. The highest BCUT2D eigenvalue weighted by atomic mass is 16.6. The van der Waals surface area contributed by atoms with Gasteiger partial charge < -0.3 is 15.0 Å². The Labute approximate surface area is 165 Å². The number of carbonyl (C=O) groups excluding carboxylic acids is 2. The zero-order chi connectivity index (χ0) is 20.1. The molecule has 2 aromatic rings. The molecule has 2 amide bonds. The minimum absolute atomic E-state index is 0.176. The van der Waals surface area contributed by atoms with Crippen LogP contribution < -0.4 is 5.32 Å². The summed E-state index contributed by atoms with van der Waals surface area (Å²) in [5.74, 6) is 0.623. The lowest BCUT2D eigenvalue weighted by atomic mass is 9.93. The van der Waals surface area contributed by atoms with E-state index in [1.807, 2.05) is 51.1 Å². The van der Waals surface area contributed by atoms with E-state index in [0.717, 1.165) is 18.5 Å². The Morgan fingerprint density at radius 2 is 1.71 bits per heavy atom. The summed E-state index contributed by atoms with van der Waals surface area (Å²) >= 11 is 0. The number of aromatic nitrogens is 1. The average Bonchev–Trinajstić information content (AvgIpc) is 2.68. The van der Waals surface area contributed by atoms with Gasteiger partial charge in [-0.15, -0.1) is 0 Å². The molecule has 3 rings (SSSR count). The predicted octanol–water partition coefficient (Wildman–Crippen LogP) is 4.45. The molecule has 1 N–H and O–H groups in total. The van der Waals surface area contributed by atoms with Gasteiger partial charge in [0.15, 0.2) is 0 Å². The van der Waals surface area contributed by atoms with Gasteiger partial charge in [-0.25, -0.2) is 9.78 Å². The summed E-state index contributed by atoms with van der Waals surface area (Å²) in [5, 5.41) is 2.86. The van der Waals surface area contributed by atoms with Crippen LogP contribution in [-0.2, 0) is 4.74 Å². The van der Waals surface area contributed by atoms with Crippen LogP contribution in [0.4, 0.5) is 10.6 Å². The molecule has 28 heavy (non-hydrogen) atoms. The number of hydrogen-bond donors (Lipinski definition) is 1. The van der Waals surface area contributed by atoms with E-state index < -0.39 is 5.60 Å². The van der Waals surface area contributed by atoms with Crippen molar-refractivity contribution in [2.75, 3.05) is 18.4 Å². The number of pyridine rings is 1. The first-order valence-corrected chi connectivity index (χ1v) is 9.63. The van der Waals surface area contributed by atoms with Crippen molar-refractivity contribution in [3.8, 4) is 0 Å². The molecular formula is C22H27N3O3. The van der Waals surface area contributed by atoms with Gasteiger partial charge in [0.25, 0.3) is 5.91 Å². The van der Waals surface area contributed by atoms with Crippen molar-refractivity contribution >= 4 is 17.8 Å². The lowest BCUT2D eigenvalue weighted by Crippen LogP contribution is -2.41. The van der Waals surface area contributed by atoms with Gasteiger partial charge in [-0.1, -0.05) is 24.3 Å². The molecule has 6 nitrogen and oxygen atoms in total. The largest absolute Gasteiger partial charge is 0.444 e. The minimum Gasteiger partial charge on any atom is -0.444 e. The first-order valence-electron chi connectivity index (χ1n) is 9.63. The third-order valence-corrected chi connectivity index (χ3v) is 4.61. The third-order valence-electron chi connectivity index (χ3n) is 4.61. The van der Waals surface area contributed by atoms with Crippen LogP contribution >= 0.6 is 0 Å². The molecule has 1 aliphatic rings. The van der Waals surface area contributed by atoms with Gasteiger partial charge in [0.1, 0.15) is 11.4 Å². The van der Waals surface area contributed by atoms with E-state index in [4.69, 9.17) is 4.74 Å². The lowest BCUT2D eigenvalue weighted by Gasteiger charge is -2.33. The van der Waals surface area contributed by atoms with E-state index in [1.54, 1.807) is 23.1 Å². The standard InChI is InChI=1S/C22H27N3O3/c1-22(2,3)28-21(27)25-14-12-16(13-15-25)18-10-7-11-19(23-18)24-20(26)17-8-5-4-6-9-17/h4-11,16H,12-15H2,1-3H3,(H,23,24,26). The molecule has 0 radical (unpaired) electrons. The van der Waals surface area contributed by atoms with Crippen molar-refractivity contribution in [3.63, 3.8) is 0 Å². The molecule has 1 aliphatic heterocycles. The molecule has 1 aromatic heterocycles. The van der Waals surface area contributed by atoms with Gasteiger partial charge in [0, 0.05) is 30.3 Å². The molecule has 1 fully saturated rings. The predicted molar refractivity (Wildman–Crippen MR) is 108 cm³/mol. The fraction of sp³-hybridized carbons (Fsp3) is 0.409. The molecule has 0 unspecified atom stereocenters. The van der Waals surface area contributed by atoms with Crippen molar-refractivity contribution in [1.29, 1.82) is 0 Å². The highest BCUT2D eigenvalue weighted by Crippen LogP contribution is 2.28. The van der Waals surface area contributed by atoms with Crippen molar-refractivity contribution in [2.45, 2.75) is 45.1 Å². The van der Waals surface area contributed by atoms with Crippen LogP contribution in [0.25, 0.3) is 0 Å². The van der Waals surface area contributed by atoms with Crippen LogP contribution in [0, 0.1) is 0 Å². The summed E-state index contributed by atoms with van der Waals surface area (Å²) in [7, 11) is 0. The topological polar surface area (TPSA) is 71.5 Å². The Bertz CT molecular complexity index is 822. The Balaban J connectivity index is 1.59. The molecule has 6 heteroatoms. The number of nitrogens with zero attached hydrogens (tertiary/aromatic N) is 2. The number of nitrogens with one attached hydrogen (secondary N) is 1. The second kappa shape index (κ2) is 8.42. The Hall–Kier alpha value is -2.89. The van der Waals surface area contributed by atoms with Crippen LogP contribution in [0.5, 0.6) is 0 Å². The number of ether oxygens (including phenoxy) is 1. The zero-order valence-electron chi connectivity index (χ0n) is 16.6. The summed E-state index contributed by atoms with van der Waals surface area (Å²) in [4.78, 5) is 30.9. The summed E-state index contributed by atoms with van der Waals surface area (Å²) in [6.45, 7) is 6.90. The van der Waals surface area contributed by atoms with Crippen molar-refractivity contribution < 1.29 is 14.3 Å². The Kier molecular flexibility index (Phi) is 5.97. The summed E-state index contributed by atoms with van der Waals surface area (Å²) in [6, 6.07) is 14.8. The quantitative estimate of drug-likeness (QED) is 0.853. The van der Waals surface area contributed by atoms with Gasteiger partial charge in [0.05, 0.1) is 0 Å². The zero-order valence-corrected chi connectivity index (χ0v) is 16.6. The fourth-order valence-electron chi connectivity index (χ4n) is 3.21. The third kappa shape index (κ3) is 5.31. The smallest absolute Gasteiger partial charge is 0.410 e. The van der Waals surface area contributed by atoms with E-state index in [1.165, 1.54) is 0 Å². The number of likely N-dealkylation sites (tertiary alicyclic amines) is 1. The number of carbonyl (C=O) groups is 2. The van der Waals surface area contributed by atoms with Crippen molar-refractivity contribution in [3.05, 3.63) is 59.8 Å². The monoisotopic (exact) mass is 381 g/mol. The van der Waals surface area contributed by atoms with Crippen LogP contribution in [0.3, 0.4) is 0 Å². The molecule has 2 heterocycles. The van der Waals surface area contributed by atoms with Crippen LogP contribution in [-0.4, -0.2) is 40.6 Å². The first-order chi connectivity index (χ1) is 13.3. The maximum absolute atomic E-state index is 12.3. The molecular weight excluding hydrogens is 354 g/mol. The maximum Gasteiger partial charge on any atom is 0.410 e. The fourth-order valence-corrected chi connectivity index (χ4v) is 3.21. The van der Waals surface area contributed by atoms with Gasteiger partial charge in [0.2, 0.25) is 0 Å². The lowest BCUT2D eigenvalue weighted by molar-refractivity contribution is 0.0204. The molecule has 0 saturated carbocycles. The number of piperidine rings is 1. The van der Waals surface area contributed by atoms with Crippen molar-refractivity contribution in [2.24, 2.45) is 0 Å². The average molecular weight is 381 g/mol. The molecule has 148 valence electrons. The SMILES string of the molecule is CC(C)(C)OC(=O)N1CCC(c2cccc(NC(=O)c3ccccc3)n2)CC1. The van der Waals surface area contributed by atoms with Crippen LogP contribution in [0.1, 0.15) is 55.6 Å². The van der Waals surface area contributed by atoms with E-state index in [2.05, 4.69) is 10.3 Å². The number of hydrogen-bond acceptors (Lipinski definition) is 4. The molecule has 0 aliphatic carbocycles. The van der Waals surface area contributed by atoms with E-state index in [9.17, 15) is 9.59 Å². The molecule has 0 atom stereocenters. The van der Waals surface area contributed by atoms with E-state index in [-0.39, 0.29) is 17.9 Å². The summed E-state index contributed by atoms with van der Waals surface area (Å²) in [6.07, 6.45) is 1.38. The van der Waals surface area contributed by atoms with Crippen LogP contribution in [0.2, 0.25) is 0 Å². The van der Waals surface area contributed by atoms with Gasteiger partial charge in [-0.05, 0) is 57.9 Å². The highest BCUT2D eigenvalue weighted by Gasteiger charge is 2.28. The molecule has 1 saturated heterocycles. The maximum atomic E-state index is 12.3.